The summed E-state index contributed by atoms with van der Waals surface area (Å²) in [6.07, 6.45) is 3.53. The van der Waals surface area contributed by atoms with E-state index in [0.717, 1.165) is 25.5 Å². The molecule has 4 heteroatoms. The van der Waals surface area contributed by atoms with Crippen molar-refractivity contribution < 1.29 is 0 Å². The number of aliphatic imine (C=N–C) groups is 1. The molecule has 19 heavy (non-hydrogen) atoms. The summed E-state index contributed by atoms with van der Waals surface area (Å²) in [4.78, 5) is 4.47. The highest BCUT2D eigenvalue weighted by Gasteiger charge is 2.41. The molecule has 0 amide bonds. The normalized spacial score (nSPS) is 29.3. The SMILES string of the molecule is CC1(c2ccccc2)CC(NC2=NCCCN2)C1.I. The molecular weight excluding hydrogens is 349 g/mol. The van der Waals surface area contributed by atoms with Gasteiger partial charge in [0.2, 0.25) is 0 Å². The number of benzene rings is 1. The Balaban J connectivity index is 0.00000133. The van der Waals surface area contributed by atoms with Gasteiger partial charge in [-0.2, -0.15) is 0 Å². The van der Waals surface area contributed by atoms with E-state index in [0.29, 0.717) is 11.5 Å². The van der Waals surface area contributed by atoms with E-state index in [2.05, 4.69) is 52.9 Å². The summed E-state index contributed by atoms with van der Waals surface area (Å²) >= 11 is 0. The van der Waals surface area contributed by atoms with Crippen molar-refractivity contribution in [2.24, 2.45) is 4.99 Å². The van der Waals surface area contributed by atoms with Crippen LogP contribution < -0.4 is 10.6 Å². The summed E-state index contributed by atoms with van der Waals surface area (Å²) in [6.45, 7) is 4.36. The van der Waals surface area contributed by atoms with Crippen molar-refractivity contribution in [2.75, 3.05) is 13.1 Å². The molecule has 1 aromatic carbocycles. The molecule has 3 rings (SSSR count). The van der Waals surface area contributed by atoms with Gasteiger partial charge in [0.15, 0.2) is 5.96 Å². The van der Waals surface area contributed by atoms with Crippen molar-refractivity contribution in [1.82, 2.24) is 10.6 Å². The van der Waals surface area contributed by atoms with E-state index in [9.17, 15) is 0 Å². The average Bonchev–Trinajstić information content (AvgIpc) is 2.39. The molecule has 0 bridgehead atoms. The number of nitrogens with zero attached hydrogens (tertiary/aromatic N) is 1. The molecule has 1 aromatic rings. The van der Waals surface area contributed by atoms with Gasteiger partial charge in [-0.25, -0.2) is 0 Å². The highest BCUT2D eigenvalue weighted by Crippen LogP contribution is 2.43. The van der Waals surface area contributed by atoms with Crippen LogP contribution >= 0.6 is 24.0 Å². The Bertz CT molecular complexity index is 438. The smallest absolute Gasteiger partial charge is 0.191 e. The molecule has 0 atom stereocenters. The fourth-order valence-electron chi connectivity index (χ4n) is 3.03. The third kappa shape index (κ3) is 3.22. The molecule has 1 aliphatic carbocycles. The van der Waals surface area contributed by atoms with Crippen LogP contribution in [0.3, 0.4) is 0 Å². The van der Waals surface area contributed by atoms with Crippen LogP contribution in [0.2, 0.25) is 0 Å². The van der Waals surface area contributed by atoms with Crippen LogP contribution in [0.25, 0.3) is 0 Å². The highest BCUT2D eigenvalue weighted by atomic mass is 127. The van der Waals surface area contributed by atoms with Crippen LogP contribution in [0.1, 0.15) is 31.7 Å². The second-order valence-electron chi connectivity index (χ2n) is 5.69. The van der Waals surface area contributed by atoms with E-state index < -0.39 is 0 Å². The first kappa shape index (κ1) is 14.6. The average molecular weight is 371 g/mol. The molecule has 3 nitrogen and oxygen atoms in total. The van der Waals surface area contributed by atoms with Crippen molar-refractivity contribution in [3.63, 3.8) is 0 Å². The second kappa shape index (κ2) is 6.11. The molecule has 2 aliphatic rings. The van der Waals surface area contributed by atoms with Gasteiger partial charge in [0.1, 0.15) is 0 Å². The lowest BCUT2D eigenvalue weighted by molar-refractivity contribution is 0.208. The molecule has 104 valence electrons. The Hall–Kier alpha value is -0.780. The molecule has 0 saturated heterocycles. The number of halogens is 1. The summed E-state index contributed by atoms with van der Waals surface area (Å²) in [5.41, 5.74) is 1.80. The fraction of sp³-hybridized carbons (Fsp3) is 0.533. The van der Waals surface area contributed by atoms with Gasteiger partial charge in [-0.05, 0) is 30.2 Å². The van der Waals surface area contributed by atoms with Crippen LogP contribution in [-0.2, 0) is 5.41 Å². The van der Waals surface area contributed by atoms with E-state index >= 15 is 0 Å². The number of rotatable bonds is 2. The first-order chi connectivity index (χ1) is 8.76. The second-order valence-corrected chi connectivity index (χ2v) is 5.69. The third-order valence-electron chi connectivity index (χ3n) is 4.10. The fourth-order valence-corrected chi connectivity index (χ4v) is 3.03. The summed E-state index contributed by atoms with van der Waals surface area (Å²) in [5, 5.41) is 6.84. The zero-order valence-corrected chi connectivity index (χ0v) is 13.7. The number of guanidine groups is 1. The van der Waals surface area contributed by atoms with Crippen LogP contribution in [0.15, 0.2) is 35.3 Å². The van der Waals surface area contributed by atoms with Crippen LogP contribution in [0, 0.1) is 0 Å². The molecule has 1 aliphatic heterocycles. The monoisotopic (exact) mass is 371 g/mol. The van der Waals surface area contributed by atoms with Gasteiger partial charge in [-0.1, -0.05) is 37.3 Å². The Morgan fingerprint density at radius 1 is 1.26 bits per heavy atom. The first-order valence-electron chi connectivity index (χ1n) is 6.87. The van der Waals surface area contributed by atoms with Crippen molar-refractivity contribution >= 4 is 29.9 Å². The standard InChI is InChI=1S/C15H21N3.HI/c1-15(12-6-3-2-4-7-12)10-13(11-15)18-14-16-8-5-9-17-14;/h2-4,6-7,13H,5,8-11H2,1H3,(H2,16,17,18);1H. The maximum absolute atomic E-state index is 4.47. The summed E-state index contributed by atoms with van der Waals surface area (Å²) < 4.78 is 0. The van der Waals surface area contributed by atoms with E-state index in [1.807, 2.05) is 0 Å². The zero-order chi connectivity index (χ0) is 12.4. The predicted molar refractivity (Wildman–Crippen MR) is 90.3 cm³/mol. The van der Waals surface area contributed by atoms with Crippen LogP contribution in [0.5, 0.6) is 0 Å². The maximum Gasteiger partial charge on any atom is 0.191 e. The molecular formula is C15H22IN3. The van der Waals surface area contributed by atoms with E-state index in [1.165, 1.54) is 18.4 Å². The van der Waals surface area contributed by atoms with Gasteiger partial charge in [-0.15, -0.1) is 24.0 Å². The zero-order valence-electron chi connectivity index (χ0n) is 11.4. The molecule has 1 saturated carbocycles. The molecule has 2 N–H and O–H groups in total. The minimum atomic E-state index is 0. The quantitative estimate of drug-likeness (QED) is 0.785. The molecule has 0 aromatic heterocycles. The van der Waals surface area contributed by atoms with Crippen molar-refractivity contribution in [3.05, 3.63) is 35.9 Å². The molecule has 0 spiro atoms. The van der Waals surface area contributed by atoms with Crippen molar-refractivity contribution in [1.29, 1.82) is 0 Å². The van der Waals surface area contributed by atoms with E-state index in [-0.39, 0.29) is 24.0 Å². The van der Waals surface area contributed by atoms with Gasteiger partial charge in [0.05, 0.1) is 0 Å². The Morgan fingerprint density at radius 3 is 2.63 bits per heavy atom. The highest BCUT2D eigenvalue weighted by molar-refractivity contribution is 14.0. The van der Waals surface area contributed by atoms with Gasteiger partial charge >= 0.3 is 0 Å². The van der Waals surface area contributed by atoms with Crippen LogP contribution in [-0.4, -0.2) is 25.1 Å². The number of hydrogen-bond acceptors (Lipinski definition) is 3. The minimum absolute atomic E-state index is 0. The van der Waals surface area contributed by atoms with Crippen LogP contribution in [0.4, 0.5) is 0 Å². The first-order valence-corrected chi connectivity index (χ1v) is 6.87. The Morgan fingerprint density at radius 2 is 2.00 bits per heavy atom. The van der Waals surface area contributed by atoms with Gasteiger partial charge in [-0.3, -0.25) is 4.99 Å². The Kier molecular flexibility index (Phi) is 4.71. The Labute approximate surface area is 132 Å². The molecule has 0 radical (unpaired) electrons. The molecule has 0 unspecified atom stereocenters. The van der Waals surface area contributed by atoms with Gasteiger partial charge < -0.3 is 10.6 Å². The lowest BCUT2D eigenvalue weighted by Gasteiger charge is -2.46. The summed E-state index contributed by atoms with van der Waals surface area (Å²) in [7, 11) is 0. The summed E-state index contributed by atoms with van der Waals surface area (Å²) in [6, 6.07) is 11.4. The van der Waals surface area contributed by atoms with E-state index in [1.54, 1.807) is 0 Å². The third-order valence-corrected chi connectivity index (χ3v) is 4.10. The molecule has 1 fully saturated rings. The topological polar surface area (TPSA) is 36.4 Å². The largest absolute Gasteiger partial charge is 0.356 e. The van der Waals surface area contributed by atoms with Crippen molar-refractivity contribution in [3.8, 4) is 0 Å². The lowest BCUT2D eigenvalue weighted by Crippen LogP contribution is -2.55. The van der Waals surface area contributed by atoms with Crippen molar-refractivity contribution in [2.45, 2.75) is 37.6 Å². The minimum Gasteiger partial charge on any atom is -0.356 e. The summed E-state index contributed by atoms with van der Waals surface area (Å²) in [5.74, 6) is 1.00. The van der Waals surface area contributed by atoms with Gasteiger partial charge in [0, 0.05) is 19.1 Å². The van der Waals surface area contributed by atoms with Gasteiger partial charge in [0.25, 0.3) is 0 Å². The van der Waals surface area contributed by atoms with E-state index in [4.69, 9.17) is 0 Å². The number of hydrogen-bond donors (Lipinski definition) is 2. The molecule has 1 heterocycles. The maximum atomic E-state index is 4.47. The predicted octanol–water partition coefficient (Wildman–Crippen LogP) is 2.66. The number of nitrogens with one attached hydrogen (secondary N) is 2. The lowest BCUT2D eigenvalue weighted by atomic mass is 9.63.